The number of nitriles is 1. The smallest absolute Gasteiger partial charge is 0.127 e. The quantitative estimate of drug-likeness (QED) is 0.351. The minimum Gasteiger partial charge on any atom is -0.198 e. The first-order valence-corrected chi connectivity index (χ1v) is 4.32. The van der Waals surface area contributed by atoms with Crippen LogP contribution in [0, 0.1) is 17.2 Å². The van der Waals surface area contributed by atoms with Crippen LogP contribution >= 0.6 is 0 Å². The van der Waals surface area contributed by atoms with Crippen molar-refractivity contribution in [2.45, 2.75) is 38.1 Å². The van der Waals surface area contributed by atoms with E-state index >= 15 is 0 Å². The zero-order valence-corrected chi connectivity index (χ0v) is 6.98. The summed E-state index contributed by atoms with van der Waals surface area (Å²) in [5, 5.41) is 12.2. The molecule has 4 nitrogen and oxygen atoms in total. The van der Waals surface area contributed by atoms with Crippen LogP contribution in [0.5, 0.6) is 0 Å². The van der Waals surface area contributed by atoms with E-state index < -0.39 is 6.04 Å². The van der Waals surface area contributed by atoms with Gasteiger partial charge in [-0.3, -0.25) is 0 Å². The van der Waals surface area contributed by atoms with E-state index in [1.165, 1.54) is 19.3 Å². The van der Waals surface area contributed by atoms with Crippen molar-refractivity contribution >= 4 is 0 Å². The maximum Gasteiger partial charge on any atom is 0.127 e. The Morgan fingerprint density at radius 3 is 2.58 bits per heavy atom. The third kappa shape index (κ3) is 2.14. The van der Waals surface area contributed by atoms with Gasteiger partial charge in [-0.05, 0) is 24.3 Å². The van der Waals surface area contributed by atoms with Gasteiger partial charge < -0.3 is 0 Å². The third-order valence-corrected chi connectivity index (χ3v) is 2.40. The van der Waals surface area contributed by atoms with E-state index in [0.29, 0.717) is 5.92 Å². The summed E-state index contributed by atoms with van der Waals surface area (Å²) in [4.78, 5) is 2.68. The van der Waals surface area contributed by atoms with Crippen molar-refractivity contribution in [2.75, 3.05) is 0 Å². The first-order chi connectivity index (χ1) is 5.88. The minimum absolute atomic E-state index is 0.305. The Bertz CT molecular complexity index is 218. The number of hydrogen-bond acceptors (Lipinski definition) is 2. The summed E-state index contributed by atoms with van der Waals surface area (Å²) in [6, 6.07) is 1.62. The van der Waals surface area contributed by atoms with E-state index in [0.717, 1.165) is 12.8 Å². The number of rotatable bonds is 2. The van der Waals surface area contributed by atoms with Crippen molar-refractivity contribution in [1.82, 2.24) is 0 Å². The van der Waals surface area contributed by atoms with Crippen molar-refractivity contribution in [3.63, 3.8) is 0 Å². The highest BCUT2D eigenvalue weighted by atomic mass is 15.1. The molecule has 0 radical (unpaired) electrons. The molecule has 0 bridgehead atoms. The van der Waals surface area contributed by atoms with Crippen molar-refractivity contribution < 1.29 is 0 Å². The molecule has 1 unspecified atom stereocenters. The second-order valence-electron chi connectivity index (χ2n) is 3.18. The third-order valence-electron chi connectivity index (χ3n) is 2.40. The van der Waals surface area contributed by atoms with E-state index in [1.807, 2.05) is 0 Å². The summed E-state index contributed by atoms with van der Waals surface area (Å²) >= 11 is 0. The molecule has 0 aromatic heterocycles. The number of azide groups is 1. The van der Waals surface area contributed by atoms with Crippen LogP contribution < -0.4 is 0 Å². The van der Waals surface area contributed by atoms with Gasteiger partial charge >= 0.3 is 0 Å². The molecular formula is C8H12N4. The standard InChI is InChI=1S/C8H12N4/c9-6-8(11-12-10)7-4-2-1-3-5-7/h7-8H,1-5H2. The predicted molar refractivity (Wildman–Crippen MR) is 45.1 cm³/mol. The molecule has 1 atom stereocenters. The van der Waals surface area contributed by atoms with Crippen LogP contribution in [-0.2, 0) is 0 Å². The summed E-state index contributed by atoms with van der Waals surface area (Å²) in [6.07, 6.45) is 5.67. The van der Waals surface area contributed by atoms with Crippen LogP contribution in [0.4, 0.5) is 0 Å². The number of nitrogens with zero attached hydrogens (tertiary/aromatic N) is 4. The molecule has 0 aliphatic heterocycles. The summed E-state index contributed by atoms with van der Waals surface area (Å²) in [6.45, 7) is 0. The molecule has 1 saturated carbocycles. The topological polar surface area (TPSA) is 72.5 Å². The fourth-order valence-electron chi connectivity index (χ4n) is 1.73. The lowest BCUT2D eigenvalue weighted by Crippen LogP contribution is -2.19. The minimum atomic E-state index is -0.435. The molecular weight excluding hydrogens is 152 g/mol. The van der Waals surface area contributed by atoms with Crippen LogP contribution in [-0.4, -0.2) is 6.04 Å². The van der Waals surface area contributed by atoms with Gasteiger partial charge in [0, 0.05) is 4.91 Å². The Morgan fingerprint density at radius 1 is 1.42 bits per heavy atom. The van der Waals surface area contributed by atoms with E-state index in [4.69, 9.17) is 10.8 Å². The fourth-order valence-corrected chi connectivity index (χ4v) is 1.73. The van der Waals surface area contributed by atoms with Crippen LogP contribution in [0.1, 0.15) is 32.1 Å². The normalized spacial score (nSPS) is 20.6. The monoisotopic (exact) mass is 164 g/mol. The molecule has 0 amide bonds. The second kappa shape index (κ2) is 4.63. The molecule has 1 fully saturated rings. The van der Waals surface area contributed by atoms with E-state index in [-0.39, 0.29) is 0 Å². The lowest BCUT2D eigenvalue weighted by molar-refractivity contribution is 0.335. The lowest BCUT2D eigenvalue weighted by atomic mass is 9.85. The van der Waals surface area contributed by atoms with Gasteiger partial charge in [0.05, 0.1) is 6.07 Å². The van der Waals surface area contributed by atoms with Gasteiger partial charge in [0.15, 0.2) is 0 Å². The molecule has 1 rings (SSSR count). The Labute approximate surface area is 71.8 Å². The average Bonchev–Trinajstić information content (AvgIpc) is 2.15. The van der Waals surface area contributed by atoms with E-state index in [9.17, 15) is 0 Å². The van der Waals surface area contributed by atoms with Crippen molar-refractivity contribution in [3.8, 4) is 6.07 Å². The van der Waals surface area contributed by atoms with E-state index in [2.05, 4.69) is 16.1 Å². The van der Waals surface area contributed by atoms with Gasteiger partial charge in [0.25, 0.3) is 0 Å². The van der Waals surface area contributed by atoms with Crippen molar-refractivity contribution in [1.29, 1.82) is 5.26 Å². The zero-order chi connectivity index (χ0) is 8.81. The summed E-state index contributed by atoms with van der Waals surface area (Å²) in [5.41, 5.74) is 8.21. The fraction of sp³-hybridized carbons (Fsp3) is 0.875. The molecule has 0 aromatic carbocycles. The molecule has 0 saturated heterocycles. The van der Waals surface area contributed by atoms with Crippen LogP contribution in [0.25, 0.3) is 10.4 Å². The maximum atomic E-state index is 8.69. The molecule has 1 aliphatic carbocycles. The van der Waals surface area contributed by atoms with E-state index in [1.54, 1.807) is 0 Å². The number of hydrogen-bond donors (Lipinski definition) is 0. The summed E-state index contributed by atoms with van der Waals surface area (Å²) in [7, 11) is 0. The van der Waals surface area contributed by atoms with Gasteiger partial charge in [-0.2, -0.15) is 5.26 Å². The van der Waals surface area contributed by atoms with Crippen molar-refractivity contribution in [2.24, 2.45) is 11.0 Å². The molecule has 0 aromatic rings. The zero-order valence-electron chi connectivity index (χ0n) is 6.98. The Kier molecular flexibility index (Phi) is 3.43. The Morgan fingerprint density at radius 2 is 2.08 bits per heavy atom. The van der Waals surface area contributed by atoms with Gasteiger partial charge in [-0.15, -0.1) is 0 Å². The highest BCUT2D eigenvalue weighted by molar-refractivity contribution is 4.95. The molecule has 4 heteroatoms. The van der Waals surface area contributed by atoms with Gasteiger partial charge in [-0.25, -0.2) is 0 Å². The molecule has 0 N–H and O–H groups in total. The van der Waals surface area contributed by atoms with Gasteiger partial charge in [0.1, 0.15) is 6.04 Å². The molecule has 12 heavy (non-hydrogen) atoms. The average molecular weight is 164 g/mol. The SMILES string of the molecule is N#CC(N=[N+]=[N-])C1CCCCC1. The van der Waals surface area contributed by atoms with Gasteiger partial charge in [-0.1, -0.05) is 24.4 Å². The van der Waals surface area contributed by atoms with Crippen molar-refractivity contribution in [3.05, 3.63) is 10.4 Å². The first-order valence-electron chi connectivity index (χ1n) is 4.32. The first kappa shape index (κ1) is 8.89. The summed E-state index contributed by atoms with van der Waals surface area (Å²) < 4.78 is 0. The summed E-state index contributed by atoms with van der Waals surface area (Å²) in [5.74, 6) is 0.305. The highest BCUT2D eigenvalue weighted by Crippen LogP contribution is 2.27. The van der Waals surface area contributed by atoms with Gasteiger partial charge in [0.2, 0.25) is 0 Å². The molecule has 1 aliphatic rings. The molecule has 0 spiro atoms. The highest BCUT2D eigenvalue weighted by Gasteiger charge is 2.21. The van der Waals surface area contributed by atoms with Crippen LogP contribution in [0.15, 0.2) is 5.11 Å². The predicted octanol–water partition coefficient (Wildman–Crippen LogP) is 2.77. The van der Waals surface area contributed by atoms with Crippen LogP contribution in [0.2, 0.25) is 0 Å². The lowest BCUT2D eigenvalue weighted by Gasteiger charge is -2.22. The second-order valence-corrected chi connectivity index (χ2v) is 3.18. The molecule has 64 valence electrons. The Hall–Kier alpha value is -1.20. The maximum absolute atomic E-state index is 8.69. The Balaban J connectivity index is 2.53. The van der Waals surface area contributed by atoms with Crippen LogP contribution in [0.3, 0.4) is 0 Å². The molecule has 0 heterocycles. The largest absolute Gasteiger partial charge is 0.198 e.